The maximum absolute atomic E-state index is 9.28. The van der Waals surface area contributed by atoms with Crippen molar-refractivity contribution < 1.29 is 10.3 Å². The molecule has 0 saturated heterocycles. The summed E-state index contributed by atoms with van der Waals surface area (Å²) in [7, 11) is 0. The van der Waals surface area contributed by atoms with Crippen LogP contribution in [-0.4, -0.2) is 28.3 Å². The molecular weight excluding hydrogens is 266 g/mol. The Morgan fingerprint density at radius 1 is 1.47 bits per heavy atom. The van der Waals surface area contributed by atoms with Gasteiger partial charge >= 0.3 is 0 Å². The molecule has 5 N–H and O–H groups in total. The van der Waals surface area contributed by atoms with E-state index in [0.717, 1.165) is 5.56 Å². The average Bonchev–Trinajstić information content (AvgIpc) is 2.35. The molecule has 5 nitrogen and oxygen atoms in total. The third-order valence-corrected chi connectivity index (χ3v) is 3.14. The molecule has 1 aromatic carbocycles. The quantitative estimate of drug-likeness (QED) is 0.277. The van der Waals surface area contributed by atoms with Gasteiger partial charge in [0.1, 0.15) is 0 Å². The predicted molar refractivity (Wildman–Crippen MR) is 76.6 cm³/mol. The van der Waals surface area contributed by atoms with Gasteiger partial charge in [0.05, 0.1) is 6.10 Å². The van der Waals surface area contributed by atoms with Crippen LogP contribution < -0.4 is 11.1 Å². The summed E-state index contributed by atoms with van der Waals surface area (Å²) in [6, 6.07) is 5.43. The number of nitrogens with one attached hydrogen (secondary N) is 1. The van der Waals surface area contributed by atoms with Crippen LogP contribution in [0.3, 0.4) is 0 Å². The van der Waals surface area contributed by atoms with E-state index in [1.54, 1.807) is 19.1 Å². The summed E-state index contributed by atoms with van der Waals surface area (Å²) in [5.74, 6) is 0.0314. The van der Waals surface area contributed by atoms with Gasteiger partial charge < -0.3 is 21.4 Å². The van der Waals surface area contributed by atoms with Crippen molar-refractivity contribution >= 4 is 17.4 Å². The number of nitrogens with zero attached hydrogens (tertiary/aromatic N) is 1. The summed E-state index contributed by atoms with van der Waals surface area (Å²) in [6.45, 7) is 4.37. The molecule has 1 rings (SSSR count). The van der Waals surface area contributed by atoms with Gasteiger partial charge in [-0.2, -0.15) is 0 Å². The molecule has 6 heteroatoms. The van der Waals surface area contributed by atoms with Crippen LogP contribution in [0, 0.1) is 0 Å². The molecule has 0 heterocycles. The zero-order valence-electron chi connectivity index (χ0n) is 11.1. The van der Waals surface area contributed by atoms with Gasteiger partial charge in [-0.3, -0.25) is 0 Å². The van der Waals surface area contributed by atoms with E-state index in [-0.39, 0.29) is 18.0 Å². The summed E-state index contributed by atoms with van der Waals surface area (Å²) in [6.07, 6.45) is 0.348. The molecule has 0 spiro atoms. The van der Waals surface area contributed by atoms with E-state index in [1.165, 1.54) is 0 Å². The van der Waals surface area contributed by atoms with E-state index in [1.807, 2.05) is 13.0 Å². The van der Waals surface area contributed by atoms with Crippen molar-refractivity contribution in [2.75, 3.05) is 0 Å². The van der Waals surface area contributed by atoms with Crippen LogP contribution in [0.15, 0.2) is 23.4 Å². The largest absolute Gasteiger partial charge is 0.409 e. The lowest BCUT2D eigenvalue weighted by atomic mass is 10.1. The zero-order chi connectivity index (χ0) is 14.4. The standard InChI is InChI=1S/C13H20ClN3O2/c1-8(5-9(2)18)16-7-11-4-3-10(6-12(11)14)13(15)17-19/h3-4,6,8-9,16,18-19H,5,7H2,1-2H3,(H2,15,17). The molecule has 0 aliphatic carbocycles. The highest BCUT2D eigenvalue weighted by Crippen LogP contribution is 2.18. The number of nitrogens with two attached hydrogens (primary N) is 1. The molecule has 0 bridgehead atoms. The minimum atomic E-state index is -0.332. The Morgan fingerprint density at radius 2 is 2.16 bits per heavy atom. The number of aliphatic hydroxyl groups is 1. The van der Waals surface area contributed by atoms with Crippen LogP contribution >= 0.6 is 11.6 Å². The molecule has 0 aliphatic rings. The fourth-order valence-electron chi connectivity index (χ4n) is 1.79. The van der Waals surface area contributed by atoms with Gasteiger partial charge in [-0.1, -0.05) is 28.9 Å². The summed E-state index contributed by atoms with van der Waals surface area (Å²) < 4.78 is 0. The first-order valence-electron chi connectivity index (χ1n) is 6.11. The minimum absolute atomic E-state index is 0.0314. The second kappa shape index (κ2) is 7.33. The van der Waals surface area contributed by atoms with Crippen molar-refractivity contribution in [3.63, 3.8) is 0 Å². The van der Waals surface area contributed by atoms with Crippen molar-refractivity contribution in [3.8, 4) is 0 Å². The van der Waals surface area contributed by atoms with Gasteiger partial charge in [0.2, 0.25) is 0 Å². The number of hydrogen-bond acceptors (Lipinski definition) is 4. The number of benzene rings is 1. The van der Waals surface area contributed by atoms with Gasteiger partial charge in [-0.25, -0.2) is 0 Å². The van der Waals surface area contributed by atoms with Gasteiger partial charge in [-0.05, 0) is 31.9 Å². The molecule has 2 unspecified atom stereocenters. The Morgan fingerprint density at radius 3 is 2.68 bits per heavy atom. The third kappa shape index (κ3) is 5.06. The van der Waals surface area contributed by atoms with Gasteiger partial charge in [0, 0.05) is 23.2 Å². The topological polar surface area (TPSA) is 90.9 Å². The van der Waals surface area contributed by atoms with E-state index >= 15 is 0 Å². The van der Waals surface area contributed by atoms with Crippen LogP contribution in [-0.2, 0) is 6.54 Å². The molecule has 0 aliphatic heterocycles. The summed E-state index contributed by atoms with van der Waals surface area (Å²) in [5.41, 5.74) is 6.99. The van der Waals surface area contributed by atoms with Crippen LogP contribution in [0.2, 0.25) is 5.02 Å². The van der Waals surface area contributed by atoms with Gasteiger partial charge in [0.25, 0.3) is 0 Å². The smallest absolute Gasteiger partial charge is 0.170 e. The Bertz CT molecular complexity index is 450. The molecule has 0 aromatic heterocycles. The lowest BCUT2D eigenvalue weighted by molar-refractivity contribution is 0.170. The normalized spacial score (nSPS) is 15.3. The third-order valence-electron chi connectivity index (χ3n) is 2.79. The molecule has 2 atom stereocenters. The van der Waals surface area contributed by atoms with Crippen molar-refractivity contribution in [2.24, 2.45) is 10.9 Å². The Kier molecular flexibility index (Phi) is 6.08. The van der Waals surface area contributed by atoms with E-state index < -0.39 is 0 Å². The molecule has 106 valence electrons. The molecule has 0 radical (unpaired) electrons. The van der Waals surface area contributed by atoms with Crippen LogP contribution in [0.25, 0.3) is 0 Å². The number of hydrogen-bond donors (Lipinski definition) is 4. The van der Waals surface area contributed by atoms with Crippen LogP contribution in [0.4, 0.5) is 0 Å². The fourth-order valence-corrected chi connectivity index (χ4v) is 2.03. The number of amidine groups is 1. The Labute approximate surface area is 118 Å². The molecule has 0 fully saturated rings. The van der Waals surface area contributed by atoms with E-state index in [0.29, 0.717) is 23.6 Å². The summed E-state index contributed by atoms with van der Waals surface area (Å²) in [5, 5.41) is 24.6. The minimum Gasteiger partial charge on any atom is -0.409 e. The van der Waals surface area contributed by atoms with E-state index in [4.69, 9.17) is 22.5 Å². The average molecular weight is 286 g/mol. The molecule has 0 saturated carbocycles. The lowest BCUT2D eigenvalue weighted by Crippen LogP contribution is -2.28. The summed E-state index contributed by atoms with van der Waals surface area (Å²) >= 11 is 6.14. The number of rotatable bonds is 6. The fraction of sp³-hybridized carbons (Fsp3) is 0.462. The Balaban J connectivity index is 2.65. The van der Waals surface area contributed by atoms with Crippen molar-refractivity contribution in [1.82, 2.24) is 5.32 Å². The van der Waals surface area contributed by atoms with Crippen LogP contribution in [0.1, 0.15) is 31.4 Å². The van der Waals surface area contributed by atoms with Crippen LogP contribution in [0.5, 0.6) is 0 Å². The Hall–Kier alpha value is -1.30. The predicted octanol–water partition coefficient (Wildman–Crippen LogP) is 1.68. The highest BCUT2D eigenvalue weighted by atomic mass is 35.5. The first kappa shape index (κ1) is 15.8. The SMILES string of the molecule is CC(O)CC(C)NCc1ccc(/C(N)=N/O)cc1Cl. The highest BCUT2D eigenvalue weighted by Gasteiger charge is 2.08. The van der Waals surface area contributed by atoms with Crippen molar-refractivity contribution in [3.05, 3.63) is 34.3 Å². The molecule has 1 aromatic rings. The second-order valence-corrected chi connectivity index (χ2v) is 5.07. The summed E-state index contributed by atoms with van der Waals surface area (Å²) in [4.78, 5) is 0. The van der Waals surface area contributed by atoms with Crippen molar-refractivity contribution in [2.45, 2.75) is 39.0 Å². The molecule has 19 heavy (non-hydrogen) atoms. The number of oxime groups is 1. The monoisotopic (exact) mass is 285 g/mol. The number of halogens is 1. The molecular formula is C13H20ClN3O2. The van der Waals surface area contributed by atoms with Gasteiger partial charge in [-0.15, -0.1) is 0 Å². The maximum Gasteiger partial charge on any atom is 0.170 e. The lowest BCUT2D eigenvalue weighted by Gasteiger charge is -2.16. The first-order chi connectivity index (χ1) is 8.93. The van der Waals surface area contributed by atoms with E-state index in [2.05, 4.69) is 10.5 Å². The van der Waals surface area contributed by atoms with Gasteiger partial charge in [0.15, 0.2) is 5.84 Å². The van der Waals surface area contributed by atoms with Crippen molar-refractivity contribution in [1.29, 1.82) is 0 Å². The maximum atomic E-state index is 9.28. The highest BCUT2D eigenvalue weighted by molar-refractivity contribution is 6.31. The molecule has 0 amide bonds. The zero-order valence-corrected chi connectivity index (χ0v) is 11.9. The van der Waals surface area contributed by atoms with E-state index in [9.17, 15) is 5.11 Å². The first-order valence-corrected chi connectivity index (χ1v) is 6.49. The second-order valence-electron chi connectivity index (χ2n) is 4.66. The number of aliphatic hydroxyl groups excluding tert-OH is 1.